The minimum Gasteiger partial charge on any atom is -0.481 e. The van der Waals surface area contributed by atoms with E-state index in [4.69, 9.17) is 4.74 Å². The smallest absolute Gasteiger partial charge is 0.261 e. The Labute approximate surface area is 157 Å². The number of amides is 1. The second-order valence-electron chi connectivity index (χ2n) is 6.56. The number of aryl methyl sites for hydroxylation is 2. The first kappa shape index (κ1) is 19.8. The first-order valence-electron chi connectivity index (χ1n) is 9.30. The molecule has 2 aromatic rings. The van der Waals surface area contributed by atoms with Crippen LogP contribution in [0.1, 0.15) is 37.5 Å². The summed E-state index contributed by atoms with van der Waals surface area (Å²) in [7, 11) is 0. The summed E-state index contributed by atoms with van der Waals surface area (Å²) in [6, 6.07) is 14.2. The fourth-order valence-electron chi connectivity index (χ4n) is 2.79. The summed E-state index contributed by atoms with van der Waals surface area (Å²) in [5.41, 5.74) is 4.65. The lowest BCUT2D eigenvalue weighted by Gasteiger charge is -2.21. The first-order valence-corrected chi connectivity index (χ1v) is 9.30. The molecular weight excluding hydrogens is 324 g/mol. The van der Waals surface area contributed by atoms with E-state index in [1.807, 2.05) is 25.1 Å². The van der Waals surface area contributed by atoms with Gasteiger partial charge in [0, 0.05) is 25.3 Å². The van der Waals surface area contributed by atoms with E-state index >= 15 is 0 Å². The average molecular weight is 354 g/mol. The Hall–Kier alpha value is -2.49. The van der Waals surface area contributed by atoms with Gasteiger partial charge in [0.25, 0.3) is 5.91 Å². The summed E-state index contributed by atoms with van der Waals surface area (Å²) in [6.45, 7) is 12.6. The number of anilines is 1. The largest absolute Gasteiger partial charge is 0.481 e. The Kier molecular flexibility index (Phi) is 7.07. The summed E-state index contributed by atoms with van der Waals surface area (Å²) in [5, 5.41) is 2.94. The molecule has 140 valence electrons. The number of hydrogen-bond acceptors (Lipinski definition) is 3. The van der Waals surface area contributed by atoms with Gasteiger partial charge in [0.15, 0.2) is 6.10 Å². The van der Waals surface area contributed by atoms with Crippen molar-refractivity contribution in [2.45, 2.75) is 47.3 Å². The summed E-state index contributed by atoms with van der Waals surface area (Å²) in [4.78, 5) is 14.6. The van der Waals surface area contributed by atoms with Crippen LogP contribution in [0.3, 0.4) is 0 Å². The van der Waals surface area contributed by atoms with Crippen LogP contribution >= 0.6 is 0 Å². The summed E-state index contributed by atoms with van der Waals surface area (Å²) in [6.07, 6.45) is -0.535. The fourth-order valence-corrected chi connectivity index (χ4v) is 2.79. The lowest BCUT2D eigenvalue weighted by atomic mass is 10.1. The summed E-state index contributed by atoms with van der Waals surface area (Å²) >= 11 is 0. The van der Waals surface area contributed by atoms with Crippen LogP contribution in [0.25, 0.3) is 0 Å². The van der Waals surface area contributed by atoms with Gasteiger partial charge in [-0.3, -0.25) is 4.79 Å². The maximum atomic E-state index is 12.3. The van der Waals surface area contributed by atoms with Gasteiger partial charge in [-0.1, -0.05) is 18.2 Å². The number of nitrogens with zero attached hydrogens (tertiary/aromatic N) is 1. The molecule has 0 fully saturated rings. The standard InChI is InChI=1S/C22H30N2O2/c1-6-24(7-2)20-11-9-19(10-12-20)15-23-22(25)18(5)26-21-13-8-16(3)17(4)14-21/h8-14,18H,6-7,15H2,1-5H3,(H,23,25)/t18-/m1/s1. The van der Waals surface area contributed by atoms with Crippen molar-refractivity contribution in [2.24, 2.45) is 0 Å². The molecule has 0 unspecified atom stereocenters. The van der Waals surface area contributed by atoms with Crippen molar-refractivity contribution in [3.8, 4) is 5.75 Å². The number of carbonyl (C=O) groups is 1. The highest BCUT2D eigenvalue weighted by atomic mass is 16.5. The molecule has 0 saturated heterocycles. The molecule has 0 bridgehead atoms. The second-order valence-corrected chi connectivity index (χ2v) is 6.56. The topological polar surface area (TPSA) is 41.6 Å². The van der Waals surface area contributed by atoms with E-state index < -0.39 is 6.10 Å². The normalized spacial score (nSPS) is 11.7. The molecule has 4 heteroatoms. The highest BCUT2D eigenvalue weighted by molar-refractivity contribution is 5.80. The summed E-state index contributed by atoms with van der Waals surface area (Å²) < 4.78 is 5.76. The Morgan fingerprint density at radius 2 is 1.69 bits per heavy atom. The number of carbonyl (C=O) groups excluding carboxylic acids is 1. The van der Waals surface area contributed by atoms with Crippen molar-refractivity contribution in [1.29, 1.82) is 0 Å². The van der Waals surface area contributed by atoms with Gasteiger partial charge in [-0.05, 0) is 75.6 Å². The molecule has 0 aliphatic carbocycles. The van der Waals surface area contributed by atoms with Crippen molar-refractivity contribution >= 4 is 11.6 Å². The second kappa shape index (κ2) is 9.27. The summed E-state index contributed by atoms with van der Waals surface area (Å²) in [5.74, 6) is 0.607. The maximum absolute atomic E-state index is 12.3. The molecule has 0 aliphatic rings. The van der Waals surface area contributed by atoms with Crippen molar-refractivity contribution in [3.63, 3.8) is 0 Å². The minimum atomic E-state index is -0.535. The molecule has 4 nitrogen and oxygen atoms in total. The molecule has 0 aromatic heterocycles. The molecule has 2 aromatic carbocycles. The number of hydrogen-bond donors (Lipinski definition) is 1. The quantitative estimate of drug-likeness (QED) is 0.771. The van der Waals surface area contributed by atoms with Gasteiger partial charge in [0.05, 0.1) is 0 Å². The molecule has 1 amide bonds. The molecule has 0 radical (unpaired) electrons. The van der Waals surface area contributed by atoms with E-state index in [2.05, 4.69) is 55.3 Å². The SMILES string of the molecule is CCN(CC)c1ccc(CNC(=O)[C@@H](C)Oc2ccc(C)c(C)c2)cc1. The Balaban J connectivity index is 1.88. The maximum Gasteiger partial charge on any atom is 0.261 e. The van der Waals surface area contributed by atoms with Crippen LogP contribution in [-0.2, 0) is 11.3 Å². The molecule has 0 heterocycles. The number of benzene rings is 2. The Bertz CT molecular complexity index is 721. The van der Waals surface area contributed by atoms with E-state index in [9.17, 15) is 4.79 Å². The van der Waals surface area contributed by atoms with Crippen molar-refractivity contribution < 1.29 is 9.53 Å². The third-order valence-corrected chi connectivity index (χ3v) is 4.69. The molecule has 0 saturated carbocycles. The van der Waals surface area contributed by atoms with E-state index in [-0.39, 0.29) is 5.91 Å². The van der Waals surface area contributed by atoms with Gasteiger partial charge in [0.1, 0.15) is 5.75 Å². The Morgan fingerprint density at radius 3 is 2.27 bits per heavy atom. The van der Waals surface area contributed by atoms with Crippen molar-refractivity contribution in [2.75, 3.05) is 18.0 Å². The van der Waals surface area contributed by atoms with E-state index in [0.717, 1.165) is 30.0 Å². The van der Waals surface area contributed by atoms with Gasteiger partial charge < -0.3 is 15.0 Å². The van der Waals surface area contributed by atoms with Crippen LogP contribution in [0, 0.1) is 13.8 Å². The number of rotatable bonds is 8. The van der Waals surface area contributed by atoms with Crippen molar-refractivity contribution in [3.05, 3.63) is 59.2 Å². The van der Waals surface area contributed by atoms with Gasteiger partial charge in [-0.2, -0.15) is 0 Å². The van der Waals surface area contributed by atoms with Crippen LogP contribution in [-0.4, -0.2) is 25.1 Å². The zero-order valence-electron chi connectivity index (χ0n) is 16.5. The van der Waals surface area contributed by atoms with Gasteiger partial charge in [-0.15, -0.1) is 0 Å². The van der Waals surface area contributed by atoms with E-state index in [1.165, 1.54) is 11.3 Å². The third-order valence-electron chi connectivity index (χ3n) is 4.69. The zero-order chi connectivity index (χ0) is 19.1. The predicted molar refractivity (Wildman–Crippen MR) is 108 cm³/mol. The monoisotopic (exact) mass is 354 g/mol. The molecule has 0 spiro atoms. The molecular formula is C22H30N2O2. The van der Waals surface area contributed by atoms with Crippen molar-refractivity contribution in [1.82, 2.24) is 5.32 Å². The molecule has 1 N–H and O–H groups in total. The highest BCUT2D eigenvalue weighted by Crippen LogP contribution is 2.18. The third kappa shape index (κ3) is 5.25. The molecule has 0 aliphatic heterocycles. The predicted octanol–water partition coefficient (Wildman–Crippen LogP) is 4.23. The molecule has 26 heavy (non-hydrogen) atoms. The highest BCUT2D eigenvalue weighted by Gasteiger charge is 2.14. The van der Waals surface area contributed by atoms with Gasteiger partial charge >= 0.3 is 0 Å². The van der Waals surface area contributed by atoms with Crippen LogP contribution in [0.2, 0.25) is 0 Å². The van der Waals surface area contributed by atoms with E-state index in [0.29, 0.717) is 6.54 Å². The minimum absolute atomic E-state index is 0.115. The lowest BCUT2D eigenvalue weighted by Crippen LogP contribution is -2.35. The van der Waals surface area contributed by atoms with Crippen LogP contribution < -0.4 is 15.0 Å². The van der Waals surface area contributed by atoms with Crippen LogP contribution in [0.15, 0.2) is 42.5 Å². The van der Waals surface area contributed by atoms with Crippen LogP contribution in [0.4, 0.5) is 5.69 Å². The number of nitrogens with one attached hydrogen (secondary N) is 1. The fraction of sp³-hybridized carbons (Fsp3) is 0.409. The van der Waals surface area contributed by atoms with Gasteiger partial charge in [0.2, 0.25) is 0 Å². The zero-order valence-corrected chi connectivity index (χ0v) is 16.5. The van der Waals surface area contributed by atoms with E-state index in [1.54, 1.807) is 6.92 Å². The molecule has 1 atom stereocenters. The van der Waals surface area contributed by atoms with Crippen LogP contribution in [0.5, 0.6) is 5.75 Å². The number of ether oxygens (including phenoxy) is 1. The first-order chi connectivity index (χ1) is 12.4. The lowest BCUT2D eigenvalue weighted by molar-refractivity contribution is -0.127. The molecule has 2 rings (SSSR count). The van der Waals surface area contributed by atoms with Gasteiger partial charge in [-0.25, -0.2) is 0 Å². The Morgan fingerprint density at radius 1 is 1.04 bits per heavy atom. The average Bonchev–Trinajstić information content (AvgIpc) is 2.64.